The highest BCUT2D eigenvalue weighted by molar-refractivity contribution is 7.15. The summed E-state index contributed by atoms with van der Waals surface area (Å²) >= 11 is 7.38. The van der Waals surface area contributed by atoms with Crippen LogP contribution in [0.1, 0.15) is 36.9 Å². The van der Waals surface area contributed by atoms with E-state index in [4.69, 9.17) is 16.6 Å². The molecule has 4 aromatic rings. The van der Waals surface area contributed by atoms with Crippen LogP contribution in [0.5, 0.6) is 0 Å². The molecule has 7 heteroatoms. The van der Waals surface area contributed by atoms with Crippen molar-refractivity contribution in [3.8, 4) is 0 Å². The van der Waals surface area contributed by atoms with Gasteiger partial charge < -0.3 is 10.3 Å². The van der Waals surface area contributed by atoms with E-state index in [1.165, 1.54) is 23.5 Å². The Balaban J connectivity index is 1.71. The summed E-state index contributed by atoms with van der Waals surface area (Å²) in [7, 11) is 0. The second-order valence-corrected chi connectivity index (χ2v) is 9.67. The van der Waals surface area contributed by atoms with E-state index in [-0.39, 0.29) is 16.0 Å². The lowest BCUT2D eigenvalue weighted by atomic mass is 9.90. The van der Waals surface area contributed by atoms with Gasteiger partial charge in [-0.1, -0.05) is 50.6 Å². The Kier molecular flexibility index (Phi) is 5.38. The number of aromatic amines is 1. The predicted molar refractivity (Wildman–Crippen MR) is 123 cm³/mol. The number of nitrogens with zero attached hydrogens (tertiary/aromatic N) is 1. The van der Waals surface area contributed by atoms with Crippen molar-refractivity contribution >= 4 is 44.7 Å². The second-order valence-electron chi connectivity index (χ2n) is 8.18. The number of benzene rings is 2. The SMILES string of the molecule is CC(C)(C)c1nc(Nc2ccc(F)c(Cl)c2)sc1Cc1cc2ccccc2[nH]c1=O. The van der Waals surface area contributed by atoms with Crippen molar-refractivity contribution < 1.29 is 4.39 Å². The predicted octanol–water partition coefficient (Wildman–Crippen LogP) is 6.41. The highest BCUT2D eigenvalue weighted by atomic mass is 35.5. The van der Waals surface area contributed by atoms with Crippen LogP contribution in [-0.2, 0) is 11.8 Å². The van der Waals surface area contributed by atoms with E-state index in [1.54, 1.807) is 6.07 Å². The quantitative estimate of drug-likeness (QED) is 0.384. The molecule has 0 aliphatic heterocycles. The summed E-state index contributed by atoms with van der Waals surface area (Å²) in [4.78, 5) is 21.4. The van der Waals surface area contributed by atoms with Crippen molar-refractivity contribution in [3.05, 3.63) is 85.9 Å². The van der Waals surface area contributed by atoms with Crippen LogP contribution in [0.15, 0.2) is 53.3 Å². The van der Waals surface area contributed by atoms with Gasteiger partial charge in [-0.3, -0.25) is 4.79 Å². The van der Waals surface area contributed by atoms with E-state index in [0.717, 1.165) is 21.5 Å². The Morgan fingerprint density at radius 2 is 1.93 bits per heavy atom. The molecule has 2 N–H and O–H groups in total. The van der Waals surface area contributed by atoms with Gasteiger partial charge in [-0.15, -0.1) is 11.3 Å². The molecule has 154 valence electrons. The van der Waals surface area contributed by atoms with E-state index in [9.17, 15) is 9.18 Å². The molecule has 4 rings (SSSR count). The number of rotatable bonds is 4. The molecule has 0 bridgehead atoms. The van der Waals surface area contributed by atoms with Crippen LogP contribution < -0.4 is 10.9 Å². The molecular formula is C23H21ClFN3OS. The number of nitrogens with one attached hydrogen (secondary N) is 2. The zero-order chi connectivity index (χ0) is 21.5. The maximum Gasteiger partial charge on any atom is 0.251 e. The number of halogens is 2. The summed E-state index contributed by atoms with van der Waals surface area (Å²) in [5.74, 6) is -0.465. The molecule has 30 heavy (non-hydrogen) atoms. The number of aromatic nitrogens is 2. The summed E-state index contributed by atoms with van der Waals surface area (Å²) in [5.41, 5.74) is 2.81. The molecule has 0 saturated heterocycles. The van der Waals surface area contributed by atoms with E-state index in [2.05, 4.69) is 31.1 Å². The third-order valence-electron chi connectivity index (χ3n) is 4.76. The minimum absolute atomic E-state index is 0.0514. The van der Waals surface area contributed by atoms with Crippen molar-refractivity contribution in [2.24, 2.45) is 0 Å². The minimum atomic E-state index is -0.465. The third-order valence-corrected chi connectivity index (χ3v) is 6.02. The van der Waals surface area contributed by atoms with Crippen LogP contribution in [0.2, 0.25) is 5.02 Å². The van der Waals surface area contributed by atoms with E-state index in [1.807, 2.05) is 30.3 Å². The monoisotopic (exact) mass is 441 g/mol. The second kappa shape index (κ2) is 7.85. The maximum absolute atomic E-state index is 13.4. The Morgan fingerprint density at radius 1 is 1.17 bits per heavy atom. The van der Waals surface area contributed by atoms with Crippen molar-refractivity contribution in [3.63, 3.8) is 0 Å². The maximum atomic E-state index is 13.4. The van der Waals surface area contributed by atoms with Crippen molar-refractivity contribution in [1.29, 1.82) is 0 Å². The molecule has 0 radical (unpaired) electrons. The fraction of sp³-hybridized carbons (Fsp3) is 0.217. The normalized spacial score (nSPS) is 11.8. The van der Waals surface area contributed by atoms with Crippen LogP contribution in [0.4, 0.5) is 15.2 Å². The van der Waals surface area contributed by atoms with Gasteiger partial charge in [0.25, 0.3) is 5.56 Å². The number of H-pyrrole nitrogens is 1. The number of hydrogen-bond acceptors (Lipinski definition) is 4. The lowest BCUT2D eigenvalue weighted by Crippen LogP contribution is -2.17. The van der Waals surface area contributed by atoms with E-state index >= 15 is 0 Å². The van der Waals surface area contributed by atoms with Gasteiger partial charge in [0.05, 0.1) is 10.7 Å². The molecule has 0 saturated carbocycles. The number of thiazole rings is 1. The van der Waals surface area contributed by atoms with Crippen molar-refractivity contribution in [1.82, 2.24) is 9.97 Å². The van der Waals surface area contributed by atoms with Crippen LogP contribution in [0, 0.1) is 5.82 Å². The first-order valence-electron chi connectivity index (χ1n) is 9.54. The third kappa shape index (κ3) is 4.25. The molecule has 0 aliphatic rings. The van der Waals surface area contributed by atoms with Crippen LogP contribution in [0.3, 0.4) is 0 Å². The number of pyridine rings is 1. The fourth-order valence-electron chi connectivity index (χ4n) is 3.31. The highest BCUT2D eigenvalue weighted by Crippen LogP contribution is 2.35. The van der Waals surface area contributed by atoms with Gasteiger partial charge in [-0.2, -0.15) is 0 Å². The zero-order valence-electron chi connectivity index (χ0n) is 16.8. The first-order valence-corrected chi connectivity index (χ1v) is 10.7. The van der Waals surface area contributed by atoms with Gasteiger partial charge in [-0.05, 0) is 35.7 Å². The topological polar surface area (TPSA) is 57.8 Å². The van der Waals surface area contributed by atoms with Crippen molar-refractivity contribution in [2.75, 3.05) is 5.32 Å². The number of para-hydroxylation sites is 1. The average molecular weight is 442 g/mol. The minimum Gasteiger partial charge on any atom is -0.331 e. The largest absolute Gasteiger partial charge is 0.331 e. The Bertz CT molecular complexity index is 1290. The van der Waals surface area contributed by atoms with Crippen LogP contribution >= 0.6 is 22.9 Å². The van der Waals surface area contributed by atoms with Gasteiger partial charge in [0.1, 0.15) is 5.82 Å². The van der Waals surface area contributed by atoms with E-state index in [0.29, 0.717) is 22.8 Å². The molecule has 0 fully saturated rings. The van der Waals surface area contributed by atoms with Gasteiger partial charge in [0.15, 0.2) is 5.13 Å². The molecule has 0 amide bonds. The van der Waals surface area contributed by atoms with Crippen LogP contribution in [-0.4, -0.2) is 9.97 Å². The molecule has 2 heterocycles. The smallest absolute Gasteiger partial charge is 0.251 e. The summed E-state index contributed by atoms with van der Waals surface area (Å²) in [6.07, 6.45) is 0.482. The zero-order valence-corrected chi connectivity index (χ0v) is 18.4. The molecule has 2 aromatic heterocycles. The Labute approximate surface area is 182 Å². The molecule has 0 unspecified atom stereocenters. The lowest BCUT2D eigenvalue weighted by Gasteiger charge is -2.17. The first-order chi connectivity index (χ1) is 14.2. The van der Waals surface area contributed by atoms with Crippen molar-refractivity contribution in [2.45, 2.75) is 32.6 Å². The molecule has 2 aromatic carbocycles. The first kappa shape index (κ1) is 20.6. The van der Waals surface area contributed by atoms with Gasteiger partial charge in [-0.25, -0.2) is 9.37 Å². The number of anilines is 2. The lowest BCUT2D eigenvalue weighted by molar-refractivity contribution is 0.568. The van der Waals surface area contributed by atoms with Gasteiger partial charge in [0.2, 0.25) is 0 Å². The Morgan fingerprint density at radius 3 is 2.67 bits per heavy atom. The summed E-state index contributed by atoms with van der Waals surface area (Å²) in [6, 6.07) is 14.1. The fourth-order valence-corrected chi connectivity index (χ4v) is 4.70. The number of hydrogen-bond donors (Lipinski definition) is 2. The highest BCUT2D eigenvalue weighted by Gasteiger charge is 2.24. The average Bonchev–Trinajstić information content (AvgIpc) is 3.08. The molecule has 4 nitrogen and oxygen atoms in total. The summed E-state index contributed by atoms with van der Waals surface area (Å²) in [6.45, 7) is 6.28. The summed E-state index contributed by atoms with van der Waals surface area (Å²) in [5, 5.41) is 4.93. The molecule has 0 atom stereocenters. The van der Waals surface area contributed by atoms with Gasteiger partial charge >= 0.3 is 0 Å². The van der Waals surface area contributed by atoms with Crippen LogP contribution in [0.25, 0.3) is 10.9 Å². The number of fused-ring (bicyclic) bond motifs is 1. The summed E-state index contributed by atoms with van der Waals surface area (Å²) < 4.78 is 13.4. The van der Waals surface area contributed by atoms with Gasteiger partial charge in [0, 0.05) is 33.5 Å². The molecule has 0 spiro atoms. The standard InChI is InChI=1S/C23H21ClFN3OS/c1-23(2,3)20-19(11-14-10-13-6-4-5-7-18(13)27-21(14)29)30-22(28-20)26-15-8-9-17(25)16(24)12-15/h4-10,12H,11H2,1-3H3,(H,26,28)(H,27,29). The molecular weight excluding hydrogens is 421 g/mol. The molecule has 0 aliphatic carbocycles. The van der Waals surface area contributed by atoms with E-state index < -0.39 is 5.82 Å². The Hall–Kier alpha value is -2.70.